The van der Waals surface area contributed by atoms with Crippen LogP contribution in [-0.2, 0) is 6.54 Å². The Balaban J connectivity index is 2.11. The molecule has 3 rings (SSSR count). The van der Waals surface area contributed by atoms with E-state index in [-0.39, 0.29) is 0 Å². The Morgan fingerprint density at radius 3 is 2.75 bits per heavy atom. The smallest absolute Gasteiger partial charge is 0.157 e. The standard InChI is InChI=1S/C11H9N3S2/c12-6-10-13-14-11(16-10)9-5-7-3-1-2-4-8(7)15-9/h1-5H,6,12H2. The average Bonchev–Trinajstić information content (AvgIpc) is 2.95. The van der Waals surface area contributed by atoms with Crippen LogP contribution in [0.1, 0.15) is 5.01 Å². The van der Waals surface area contributed by atoms with Crippen LogP contribution < -0.4 is 5.73 Å². The van der Waals surface area contributed by atoms with Crippen LogP contribution in [0.5, 0.6) is 0 Å². The van der Waals surface area contributed by atoms with Crippen LogP contribution in [0.4, 0.5) is 0 Å². The molecule has 1 aromatic carbocycles. The minimum atomic E-state index is 0.461. The molecule has 80 valence electrons. The van der Waals surface area contributed by atoms with Gasteiger partial charge in [-0.25, -0.2) is 0 Å². The summed E-state index contributed by atoms with van der Waals surface area (Å²) in [5.74, 6) is 0. The van der Waals surface area contributed by atoms with Gasteiger partial charge in [-0.2, -0.15) is 0 Å². The SMILES string of the molecule is NCc1nnc(-c2cc3ccccc3s2)s1. The van der Waals surface area contributed by atoms with Crippen LogP contribution in [0.25, 0.3) is 20.0 Å². The lowest BCUT2D eigenvalue weighted by Gasteiger charge is -1.83. The van der Waals surface area contributed by atoms with E-state index in [0.29, 0.717) is 6.54 Å². The van der Waals surface area contributed by atoms with E-state index in [1.807, 2.05) is 12.1 Å². The first-order valence-electron chi connectivity index (χ1n) is 4.88. The molecule has 0 unspecified atom stereocenters. The number of aromatic nitrogens is 2. The molecule has 0 saturated heterocycles. The Labute approximate surface area is 101 Å². The highest BCUT2D eigenvalue weighted by molar-refractivity contribution is 7.25. The van der Waals surface area contributed by atoms with Gasteiger partial charge in [0.1, 0.15) is 5.01 Å². The van der Waals surface area contributed by atoms with Crippen molar-refractivity contribution in [1.29, 1.82) is 0 Å². The Bertz CT molecular complexity index is 594. The normalized spacial score (nSPS) is 11.1. The van der Waals surface area contributed by atoms with Crippen molar-refractivity contribution in [2.75, 3.05) is 0 Å². The molecular formula is C11H9N3S2. The van der Waals surface area contributed by atoms with Crippen LogP contribution in [-0.4, -0.2) is 10.2 Å². The topological polar surface area (TPSA) is 51.8 Å². The molecule has 0 radical (unpaired) electrons. The van der Waals surface area contributed by atoms with Gasteiger partial charge in [0.25, 0.3) is 0 Å². The van der Waals surface area contributed by atoms with E-state index in [1.165, 1.54) is 15.0 Å². The minimum absolute atomic E-state index is 0.461. The molecule has 0 aliphatic rings. The van der Waals surface area contributed by atoms with Crippen molar-refractivity contribution in [2.24, 2.45) is 5.73 Å². The number of benzene rings is 1. The van der Waals surface area contributed by atoms with Crippen molar-refractivity contribution in [3.63, 3.8) is 0 Å². The van der Waals surface area contributed by atoms with E-state index in [1.54, 1.807) is 22.7 Å². The van der Waals surface area contributed by atoms with Gasteiger partial charge in [-0.1, -0.05) is 29.5 Å². The molecule has 0 aliphatic heterocycles. The predicted octanol–water partition coefficient (Wildman–Crippen LogP) is 2.88. The Morgan fingerprint density at radius 1 is 1.12 bits per heavy atom. The number of thiophene rings is 1. The van der Waals surface area contributed by atoms with Gasteiger partial charge in [0.2, 0.25) is 0 Å². The summed E-state index contributed by atoms with van der Waals surface area (Å²) in [5.41, 5.74) is 5.53. The number of fused-ring (bicyclic) bond motifs is 1. The Kier molecular flexibility index (Phi) is 2.43. The summed E-state index contributed by atoms with van der Waals surface area (Å²) in [6, 6.07) is 10.5. The van der Waals surface area contributed by atoms with Crippen molar-refractivity contribution in [3.05, 3.63) is 35.3 Å². The lowest BCUT2D eigenvalue weighted by Crippen LogP contribution is -1.94. The second-order valence-electron chi connectivity index (χ2n) is 3.35. The predicted molar refractivity (Wildman–Crippen MR) is 68.6 cm³/mol. The quantitative estimate of drug-likeness (QED) is 0.757. The second-order valence-corrected chi connectivity index (χ2v) is 5.50. The zero-order chi connectivity index (χ0) is 11.0. The molecule has 0 atom stereocenters. The van der Waals surface area contributed by atoms with Crippen molar-refractivity contribution < 1.29 is 0 Å². The largest absolute Gasteiger partial charge is 0.324 e. The second kappa shape index (κ2) is 3.93. The van der Waals surface area contributed by atoms with Crippen LogP contribution in [0.15, 0.2) is 30.3 Å². The van der Waals surface area contributed by atoms with Gasteiger partial charge in [-0.15, -0.1) is 21.5 Å². The van der Waals surface area contributed by atoms with E-state index >= 15 is 0 Å². The maximum Gasteiger partial charge on any atom is 0.157 e. The molecule has 2 aromatic heterocycles. The maximum atomic E-state index is 5.53. The summed E-state index contributed by atoms with van der Waals surface area (Å²) in [6.07, 6.45) is 0. The first-order valence-corrected chi connectivity index (χ1v) is 6.51. The Hall–Kier alpha value is -1.30. The zero-order valence-corrected chi connectivity index (χ0v) is 10.0. The monoisotopic (exact) mass is 247 g/mol. The van der Waals surface area contributed by atoms with Gasteiger partial charge in [-0.05, 0) is 17.5 Å². The summed E-state index contributed by atoms with van der Waals surface area (Å²) in [6.45, 7) is 0.461. The van der Waals surface area contributed by atoms with E-state index in [2.05, 4.69) is 28.4 Å². The molecule has 0 amide bonds. The third-order valence-electron chi connectivity index (χ3n) is 2.28. The molecule has 0 saturated carbocycles. The highest BCUT2D eigenvalue weighted by Gasteiger charge is 2.08. The fourth-order valence-corrected chi connectivity index (χ4v) is 3.34. The van der Waals surface area contributed by atoms with Crippen molar-refractivity contribution in [3.8, 4) is 9.88 Å². The highest BCUT2D eigenvalue weighted by Crippen LogP contribution is 2.34. The van der Waals surface area contributed by atoms with E-state index in [0.717, 1.165) is 10.0 Å². The molecule has 2 N–H and O–H groups in total. The average molecular weight is 247 g/mol. The van der Waals surface area contributed by atoms with E-state index < -0.39 is 0 Å². The van der Waals surface area contributed by atoms with E-state index in [4.69, 9.17) is 5.73 Å². The van der Waals surface area contributed by atoms with Gasteiger partial charge < -0.3 is 5.73 Å². The third-order valence-corrected chi connectivity index (χ3v) is 4.51. The Morgan fingerprint density at radius 2 is 2.00 bits per heavy atom. The summed E-state index contributed by atoms with van der Waals surface area (Å²) in [7, 11) is 0. The van der Waals surface area contributed by atoms with Crippen molar-refractivity contribution in [2.45, 2.75) is 6.54 Å². The molecule has 0 bridgehead atoms. The number of nitrogens with two attached hydrogens (primary N) is 1. The molecule has 0 spiro atoms. The summed E-state index contributed by atoms with van der Waals surface area (Å²) in [5, 5.41) is 11.3. The maximum absolute atomic E-state index is 5.53. The summed E-state index contributed by atoms with van der Waals surface area (Å²) < 4.78 is 1.28. The van der Waals surface area contributed by atoms with Crippen molar-refractivity contribution in [1.82, 2.24) is 10.2 Å². The third kappa shape index (κ3) is 1.63. The molecule has 2 heterocycles. The van der Waals surface area contributed by atoms with E-state index in [9.17, 15) is 0 Å². The van der Waals surface area contributed by atoms with Crippen molar-refractivity contribution >= 4 is 32.8 Å². The number of hydrogen-bond acceptors (Lipinski definition) is 5. The first-order chi connectivity index (χ1) is 7.86. The van der Waals surface area contributed by atoms with Gasteiger partial charge >= 0.3 is 0 Å². The minimum Gasteiger partial charge on any atom is -0.324 e. The summed E-state index contributed by atoms with van der Waals surface area (Å²) in [4.78, 5) is 1.17. The molecule has 5 heteroatoms. The van der Waals surface area contributed by atoms with Crippen LogP contribution >= 0.6 is 22.7 Å². The van der Waals surface area contributed by atoms with Gasteiger partial charge in [-0.3, -0.25) is 0 Å². The lowest BCUT2D eigenvalue weighted by atomic mass is 10.2. The molecule has 16 heavy (non-hydrogen) atoms. The first kappa shape index (κ1) is 9.89. The molecule has 3 nitrogen and oxygen atoms in total. The lowest BCUT2D eigenvalue weighted by molar-refractivity contribution is 0.961. The fraction of sp³-hybridized carbons (Fsp3) is 0.0909. The summed E-state index contributed by atoms with van der Waals surface area (Å²) >= 11 is 3.31. The van der Waals surface area contributed by atoms with Gasteiger partial charge in [0, 0.05) is 11.2 Å². The van der Waals surface area contributed by atoms with Gasteiger partial charge in [0.05, 0.1) is 4.88 Å². The van der Waals surface area contributed by atoms with Crippen LogP contribution in [0, 0.1) is 0 Å². The zero-order valence-electron chi connectivity index (χ0n) is 8.38. The van der Waals surface area contributed by atoms with Crippen LogP contribution in [0.3, 0.4) is 0 Å². The fourth-order valence-electron chi connectivity index (χ4n) is 1.52. The molecule has 3 aromatic rings. The van der Waals surface area contributed by atoms with Crippen LogP contribution in [0.2, 0.25) is 0 Å². The molecular weight excluding hydrogens is 238 g/mol. The number of rotatable bonds is 2. The number of hydrogen-bond donors (Lipinski definition) is 1. The molecule has 0 aliphatic carbocycles. The highest BCUT2D eigenvalue weighted by atomic mass is 32.1. The van der Waals surface area contributed by atoms with Gasteiger partial charge in [0.15, 0.2) is 5.01 Å². The number of nitrogens with zero attached hydrogens (tertiary/aromatic N) is 2. The molecule has 0 fully saturated rings.